The van der Waals surface area contributed by atoms with Crippen LogP contribution in [-0.2, 0) is 6.54 Å². The van der Waals surface area contributed by atoms with E-state index in [0.29, 0.717) is 41.3 Å². The van der Waals surface area contributed by atoms with Crippen molar-refractivity contribution in [2.45, 2.75) is 32.5 Å². The molecule has 0 saturated carbocycles. The molecule has 1 aliphatic rings. The van der Waals surface area contributed by atoms with Crippen molar-refractivity contribution in [3.05, 3.63) is 95.7 Å². The molecule has 0 aliphatic carbocycles. The minimum absolute atomic E-state index is 0.133. The zero-order valence-electron chi connectivity index (χ0n) is 25.4. The summed E-state index contributed by atoms with van der Waals surface area (Å²) in [6.45, 7) is 6.70. The van der Waals surface area contributed by atoms with Crippen molar-refractivity contribution >= 4 is 40.6 Å². The molecule has 5 N–H and O–H groups in total. The first-order valence-electron chi connectivity index (χ1n) is 14.5. The van der Waals surface area contributed by atoms with E-state index in [-0.39, 0.29) is 23.2 Å². The number of piperazine rings is 1. The van der Waals surface area contributed by atoms with E-state index in [1.165, 1.54) is 6.20 Å². The lowest BCUT2D eigenvalue weighted by atomic mass is 10.1. The Kier molecular flexibility index (Phi) is 9.25. The summed E-state index contributed by atoms with van der Waals surface area (Å²) in [7, 11) is 3.76. The number of aromatic nitrogens is 2. The minimum atomic E-state index is -0.666. The van der Waals surface area contributed by atoms with E-state index in [2.05, 4.69) is 56.6 Å². The van der Waals surface area contributed by atoms with Gasteiger partial charge >= 0.3 is 0 Å². The second-order valence-corrected chi connectivity index (χ2v) is 11.0. The Hall–Kier alpha value is -5.16. The molecule has 0 radical (unpaired) electrons. The van der Waals surface area contributed by atoms with E-state index in [9.17, 15) is 9.59 Å². The maximum Gasteiger partial charge on any atom is 0.254 e. The molecule has 1 aliphatic heterocycles. The summed E-state index contributed by atoms with van der Waals surface area (Å²) in [6.07, 6.45) is 1.37. The molecule has 3 aromatic carbocycles. The first-order valence-corrected chi connectivity index (χ1v) is 14.5. The van der Waals surface area contributed by atoms with E-state index in [1.54, 1.807) is 31.4 Å². The van der Waals surface area contributed by atoms with Gasteiger partial charge in [0.2, 0.25) is 5.95 Å². The largest absolute Gasteiger partial charge is 0.494 e. The molecule has 228 valence electrons. The summed E-state index contributed by atoms with van der Waals surface area (Å²) in [4.78, 5) is 38.4. The van der Waals surface area contributed by atoms with Crippen molar-refractivity contribution in [3.63, 3.8) is 0 Å². The predicted octanol–water partition coefficient (Wildman–Crippen LogP) is 4.53. The lowest BCUT2D eigenvalue weighted by Crippen LogP contribution is -2.55. The first kappa shape index (κ1) is 30.3. The van der Waals surface area contributed by atoms with Gasteiger partial charge in [0.25, 0.3) is 11.8 Å². The standard InChI is InChI=1S/C33H38N8O3/c1-21-19-41(20-22(2)40(21)3)26-14-15-28(29(16-26)44-4)38-31-27(30(34)42)18-36-33(39-31)37-25-12-10-24(11-13-25)32(43)35-17-23-8-6-5-7-9-23/h5-16,18,21-22H,17,19-20H2,1-4H3,(H2,34,42)(H,35,43)(H2,36,37,38,39). The molecule has 2 unspecified atom stereocenters. The molecule has 4 aromatic rings. The number of nitrogens with zero attached hydrogens (tertiary/aromatic N) is 4. The Balaban J connectivity index is 1.30. The summed E-state index contributed by atoms with van der Waals surface area (Å²) in [5.74, 6) is 0.243. The van der Waals surface area contributed by atoms with Crippen LogP contribution in [0.25, 0.3) is 0 Å². The van der Waals surface area contributed by atoms with E-state index < -0.39 is 5.91 Å². The Morgan fingerprint density at radius 2 is 1.68 bits per heavy atom. The molecule has 1 fully saturated rings. The second-order valence-electron chi connectivity index (χ2n) is 11.0. The SMILES string of the molecule is COc1cc(N2CC(C)N(C)C(C)C2)ccc1Nc1nc(Nc2ccc(C(=O)NCc3ccccc3)cc2)ncc1C(N)=O. The van der Waals surface area contributed by atoms with Crippen molar-refractivity contribution in [2.24, 2.45) is 5.73 Å². The number of primary amides is 1. The molecule has 11 heteroatoms. The average Bonchev–Trinajstić information content (AvgIpc) is 3.03. The van der Waals surface area contributed by atoms with Crippen LogP contribution in [0.5, 0.6) is 5.75 Å². The number of anilines is 5. The number of carbonyl (C=O) groups is 2. The topological polar surface area (TPSA) is 138 Å². The molecule has 11 nitrogen and oxygen atoms in total. The molecular formula is C33H38N8O3. The van der Waals surface area contributed by atoms with Crippen molar-refractivity contribution in [1.82, 2.24) is 20.2 Å². The van der Waals surface area contributed by atoms with Gasteiger partial charge in [-0.1, -0.05) is 30.3 Å². The number of rotatable bonds is 10. The zero-order valence-corrected chi connectivity index (χ0v) is 25.4. The normalized spacial score (nSPS) is 16.7. The molecule has 2 amide bonds. The molecule has 1 aromatic heterocycles. The molecule has 0 spiro atoms. The Morgan fingerprint density at radius 3 is 2.34 bits per heavy atom. The maximum atomic E-state index is 12.6. The van der Waals surface area contributed by atoms with Gasteiger partial charge in [-0.3, -0.25) is 14.5 Å². The number of nitrogens with two attached hydrogens (primary N) is 1. The van der Waals surface area contributed by atoms with E-state index >= 15 is 0 Å². The van der Waals surface area contributed by atoms with E-state index in [0.717, 1.165) is 24.3 Å². The van der Waals surface area contributed by atoms with E-state index in [1.807, 2.05) is 48.5 Å². The number of nitrogens with one attached hydrogen (secondary N) is 3. The van der Waals surface area contributed by atoms with Gasteiger partial charge in [-0.2, -0.15) is 4.98 Å². The van der Waals surface area contributed by atoms with Crippen LogP contribution >= 0.6 is 0 Å². The molecular weight excluding hydrogens is 556 g/mol. The fourth-order valence-electron chi connectivity index (χ4n) is 5.15. The highest BCUT2D eigenvalue weighted by atomic mass is 16.5. The highest BCUT2D eigenvalue weighted by Crippen LogP contribution is 2.34. The third-order valence-corrected chi connectivity index (χ3v) is 7.92. The van der Waals surface area contributed by atoms with Gasteiger partial charge in [0, 0.05) is 60.9 Å². The summed E-state index contributed by atoms with van der Waals surface area (Å²) in [6, 6.07) is 23.4. The number of likely N-dealkylation sites (N-methyl/N-ethyl adjacent to an activating group) is 1. The first-order chi connectivity index (χ1) is 21.2. The summed E-state index contributed by atoms with van der Waals surface area (Å²) in [5, 5.41) is 9.25. The van der Waals surface area contributed by atoms with Gasteiger partial charge in [-0.15, -0.1) is 0 Å². The highest BCUT2D eigenvalue weighted by molar-refractivity contribution is 5.98. The van der Waals surface area contributed by atoms with Gasteiger partial charge in [0.15, 0.2) is 0 Å². The molecule has 2 heterocycles. The van der Waals surface area contributed by atoms with Gasteiger partial charge in [-0.25, -0.2) is 4.98 Å². The fourth-order valence-corrected chi connectivity index (χ4v) is 5.15. The van der Waals surface area contributed by atoms with Crippen LogP contribution in [0.1, 0.15) is 40.1 Å². The monoisotopic (exact) mass is 594 g/mol. The van der Waals surface area contributed by atoms with Gasteiger partial charge in [0.1, 0.15) is 17.1 Å². The van der Waals surface area contributed by atoms with Crippen LogP contribution in [0.3, 0.4) is 0 Å². The third-order valence-electron chi connectivity index (χ3n) is 7.92. The molecule has 0 bridgehead atoms. The molecule has 1 saturated heterocycles. The maximum absolute atomic E-state index is 12.6. The third kappa shape index (κ3) is 7.07. The number of benzene rings is 3. The predicted molar refractivity (Wildman–Crippen MR) is 173 cm³/mol. The number of ether oxygens (including phenoxy) is 1. The van der Waals surface area contributed by atoms with E-state index in [4.69, 9.17) is 10.5 Å². The van der Waals surface area contributed by atoms with Crippen LogP contribution in [-0.4, -0.2) is 66.0 Å². The lowest BCUT2D eigenvalue weighted by Gasteiger charge is -2.43. The van der Waals surface area contributed by atoms with Gasteiger partial charge < -0.3 is 31.3 Å². The van der Waals surface area contributed by atoms with Crippen LogP contribution in [0.4, 0.5) is 28.8 Å². The number of hydrogen-bond donors (Lipinski definition) is 4. The van der Waals surface area contributed by atoms with Crippen molar-refractivity contribution in [3.8, 4) is 5.75 Å². The Bertz CT molecular complexity index is 1600. The van der Waals surface area contributed by atoms with Crippen molar-refractivity contribution < 1.29 is 14.3 Å². The Labute approximate surface area is 257 Å². The van der Waals surface area contributed by atoms with Crippen LogP contribution in [0.2, 0.25) is 0 Å². The quantitative estimate of drug-likeness (QED) is 0.209. The van der Waals surface area contributed by atoms with Crippen molar-refractivity contribution in [2.75, 3.05) is 42.8 Å². The van der Waals surface area contributed by atoms with Crippen LogP contribution < -0.4 is 31.3 Å². The smallest absolute Gasteiger partial charge is 0.254 e. The van der Waals surface area contributed by atoms with Crippen molar-refractivity contribution in [1.29, 1.82) is 0 Å². The van der Waals surface area contributed by atoms with Crippen LogP contribution in [0, 0.1) is 0 Å². The Morgan fingerprint density at radius 1 is 0.977 bits per heavy atom. The van der Waals surface area contributed by atoms with Gasteiger partial charge in [-0.05, 0) is 62.9 Å². The second kappa shape index (κ2) is 13.4. The fraction of sp³-hybridized carbons (Fsp3) is 0.273. The molecule has 2 atom stereocenters. The zero-order chi connectivity index (χ0) is 31.2. The number of hydrogen-bond acceptors (Lipinski definition) is 9. The average molecular weight is 595 g/mol. The number of amides is 2. The summed E-state index contributed by atoms with van der Waals surface area (Å²) >= 11 is 0. The minimum Gasteiger partial charge on any atom is -0.494 e. The molecule has 5 rings (SSSR count). The van der Waals surface area contributed by atoms with Crippen LogP contribution in [0.15, 0.2) is 79.0 Å². The number of carbonyl (C=O) groups excluding carboxylic acids is 2. The highest BCUT2D eigenvalue weighted by Gasteiger charge is 2.27. The molecule has 44 heavy (non-hydrogen) atoms. The summed E-state index contributed by atoms with van der Waals surface area (Å²) < 4.78 is 5.72. The van der Waals surface area contributed by atoms with Gasteiger partial charge in [0.05, 0.1) is 12.8 Å². The lowest BCUT2D eigenvalue weighted by molar-refractivity contribution is 0.0949. The number of methoxy groups -OCH3 is 1. The summed E-state index contributed by atoms with van der Waals surface area (Å²) in [5.41, 5.74) is 9.67.